The minimum Gasteiger partial charge on any atom is -0.495 e. The number of fused-ring (bicyclic) bond motifs is 1. The fraction of sp³-hybridized carbons (Fsp3) is 0.562. The summed E-state index contributed by atoms with van der Waals surface area (Å²) in [4.78, 5) is 4.45. The molecule has 0 saturated carbocycles. The highest BCUT2D eigenvalue weighted by atomic mass is 16.5. The normalized spacial score (nSPS) is 26.5. The van der Waals surface area contributed by atoms with Crippen molar-refractivity contribution in [2.45, 2.75) is 26.2 Å². The second kappa shape index (κ2) is 5.33. The van der Waals surface area contributed by atoms with E-state index in [1.807, 2.05) is 13.1 Å². The highest BCUT2D eigenvalue weighted by Crippen LogP contribution is 2.38. The summed E-state index contributed by atoms with van der Waals surface area (Å²) in [6.45, 7) is 4.33. The van der Waals surface area contributed by atoms with Gasteiger partial charge in [-0.05, 0) is 68.3 Å². The topological polar surface area (TPSA) is 34.1 Å². The quantitative estimate of drug-likeness (QED) is 0.885. The Bertz CT molecular complexity index is 496. The van der Waals surface area contributed by atoms with Crippen molar-refractivity contribution in [1.82, 2.24) is 10.3 Å². The van der Waals surface area contributed by atoms with Crippen molar-refractivity contribution < 1.29 is 4.74 Å². The largest absolute Gasteiger partial charge is 0.495 e. The molecule has 19 heavy (non-hydrogen) atoms. The average Bonchev–Trinajstić information content (AvgIpc) is 2.47. The summed E-state index contributed by atoms with van der Waals surface area (Å²) in [5.74, 6) is 2.56. The second-order valence-electron chi connectivity index (χ2n) is 5.69. The van der Waals surface area contributed by atoms with E-state index in [-0.39, 0.29) is 0 Å². The van der Waals surface area contributed by atoms with Gasteiger partial charge in [0.25, 0.3) is 0 Å². The molecule has 1 N–H and O–H groups in total. The van der Waals surface area contributed by atoms with Gasteiger partial charge in [-0.3, -0.25) is 4.98 Å². The van der Waals surface area contributed by atoms with Crippen LogP contribution in [-0.4, -0.2) is 25.2 Å². The number of hydrogen-bond donors (Lipinski definition) is 1. The van der Waals surface area contributed by atoms with Gasteiger partial charge in [0.2, 0.25) is 0 Å². The first-order valence-electron chi connectivity index (χ1n) is 7.18. The molecule has 1 fully saturated rings. The van der Waals surface area contributed by atoms with Gasteiger partial charge in [0, 0.05) is 6.20 Å². The van der Waals surface area contributed by atoms with E-state index in [2.05, 4.69) is 22.4 Å². The van der Waals surface area contributed by atoms with Crippen molar-refractivity contribution >= 4 is 5.57 Å². The number of nitrogens with one attached hydrogen (secondary N) is 1. The molecule has 2 aliphatic rings. The monoisotopic (exact) mass is 258 g/mol. The van der Waals surface area contributed by atoms with Crippen LogP contribution in [0.2, 0.25) is 0 Å². The van der Waals surface area contributed by atoms with Crippen LogP contribution >= 0.6 is 0 Å². The van der Waals surface area contributed by atoms with Crippen LogP contribution in [0.15, 0.2) is 18.3 Å². The predicted molar refractivity (Wildman–Crippen MR) is 77.2 cm³/mol. The van der Waals surface area contributed by atoms with Crippen LogP contribution in [0, 0.1) is 18.8 Å². The number of allylic oxidation sites excluding steroid dienone is 2. The van der Waals surface area contributed by atoms with Gasteiger partial charge in [0.15, 0.2) is 0 Å². The lowest BCUT2D eigenvalue weighted by Gasteiger charge is -2.35. The number of rotatable bonds is 2. The smallest absolute Gasteiger partial charge is 0.140 e. The average molecular weight is 258 g/mol. The molecule has 1 aromatic rings. The molecule has 0 unspecified atom stereocenters. The molecule has 3 heteroatoms. The van der Waals surface area contributed by atoms with Crippen LogP contribution in [0.3, 0.4) is 0 Å². The summed E-state index contributed by atoms with van der Waals surface area (Å²) < 4.78 is 5.38. The van der Waals surface area contributed by atoms with E-state index in [0.717, 1.165) is 23.3 Å². The summed E-state index contributed by atoms with van der Waals surface area (Å²) in [5, 5.41) is 3.52. The van der Waals surface area contributed by atoms with Gasteiger partial charge in [-0.15, -0.1) is 0 Å². The molecule has 1 saturated heterocycles. The van der Waals surface area contributed by atoms with Crippen molar-refractivity contribution in [2.75, 3.05) is 20.2 Å². The van der Waals surface area contributed by atoms with E-state index >= 15 is 0 Å². The van der Waals surface area contributed by atoms with Crippen molar-refractivity contribution in [3.8, 4) is 5.75 Å². The molecule has 3 rings (SSSR count). The molecule has 0 bridgehead atoms. The van der Waals surface area contributed by atoms with Crippen LogP contribution in [0.4, 0.5) is 0 Å². The number of nitrogens with zero attached hydrogens (tertiary/aromatic N) is 1. The predicted octanol–water partition coefficient (Wildman–Crippen LogP) is 2.80. The van der Waals surface area contributed by atoms with Crippen molar-refractivity contribution in [3.05, 3.63) is 29.6 Å². The van der Waals surface area contributed by atoms with E-state index < -0.39 is 0 Å². The minimum absolute atomic E-state index is 0.793. The van der Waals surface area contributed by atoms with Crippen molar-refractivity contribution in [2.24, 2.45) is 11.8 Å². The third-order valence-electron chi connectivity index (χ3n) is 4.55. The Morgan fingerprint density at radius 3 is 3.11 bits per heavy atom. The molecule has 0 spiro atoms. The lowest BCUT2D eigenvalue weighted by Crippen LogP contribution is -2.37. The molecule has 2 heterocycles. The Kier molecular flexibility index (Phi) is 3.56. The number of aromatic nitrogens is 1. The van der Waals surface area contributed by atoms with Gasteiger partial charge in [0.1, 0.15) is 5.75 Å². The molecule has 1 aromatic heterocycles. The number of methoxy groups -OCH3 is 1. The van der Waals surface area contributed by atoms with Crippen molar-refractivity contribution in [1.29, 1.82) is 0 Å². The second-order valence-corrected chi connectivity index (χ2v) is 5.69. The number of pyridine rings is 1. The molecule has 102 valence electrons. The van der Waals surface area contributed by atoms with Crippen LogP contribution in [0.5, 0.6) is 5.75 Å². The fourth-order valence-electron chi connectivity index (χ4n) is 3.32. The Morgan fingerprint density at radius 1 is 1.37 bits per heavy atom. The lowest BCUT2D eigenvalue weighted by atomic mass is 9.75. The van der Waals surface area contributed by atoms with E-state index in [4.69, 9.17) is 4.74 Å². The van der Waals surface area contributed by atoms with E-state index in [0.29, 0.717) is 0 Å². The number of aryl methyl sites for hydroxylation is 1. The molecule has 1 aliphatic carbocycles. The highest BCUT2D eigenvalue weighted by molar-refractivity contribution is 5.67. The Labute approximate surface area is 115 Å². The van der Waals surface area contributed by atoms with E-state index in [1.54, 1.807) is 7.11 Å². The molecular formula is C16H22N2O. The standard InChI is InChI=1S/C16H22N2O/c1-11-16(19-2)8-15(10-18-11)13-4-3-12-5-6-17-9-14(12)7-13/h4,8,10,12,14,17H,3,5-7,9H2,1-2H3/t12-,14+/m0/s1. The highest BCUT2D eigenvalue weighted by Gasteiger charge is 2.28. The summed E-state index contributed by atoms with van der Waals surface area (Å²) in [6, 6.07) is 2.13. The molecule has 0 aromatic carbocycles. The van der Waals surface area contributed by atoms with Crippen LogP contribution in [-0.2, 0) is 0 Å². The van der Waals surface area contributed by atoms with E-state index in [9.17, 15) is 0 Å². The number of piperidine rings is 1. The minimum atomic E-state index is 0.793. The maximum absolute atomic E-state index is 5.38. The lowest BCUT2D eigenvalue weighted by molar-refractivity contribution is 0.252. The first-order chi connectivity index (χ1) is 9.28. The SMILES string of the molecule is COc1cc(C2=CC[C@H]3CCNC[C@H]3C2)cnc1C. The molecule has 3 nitrogen and oxygen atoms in total. The maximum atomic E-state index is 5.38. The third-order valence-corrected chi connectivity index (χ3v) is 4.55. The Morgan fingerprint density at radius 2 is 2.26 bits per heavy atom. The van der Waals surface area contributed by atoms with E-state index in [1.165, 1.54) is 43.5 Å². The summed E-state index contributed by atoms with van der Waals surface area (Å²) in [7, 11) is 1.71. The fourth-order valence-corrected chi connectivity index (χ4v) is 3.32. The third kappa shape index (κ3) is 2.52. The molecule has 1 aliphatic heterocycles. The summed E-state index contributed by atoms with van der Waals surface area (Å²) in [6.07, 6.45) is 8.12. The van der Waals surface area contributed by atoms with Crippen LogP contribution in [0.25, 0.3) is 5.57 Å². The molecule has 0 radical (unpaired) electrons. The summed E-state index contributed by atoms with van der Waals surface area (Å²) >= 11 is 0. The van der Waals surface area contributed by atoms with Gasteiger partial charge < -0.3 is 10.1 Å². The Balaban J connectivity index is 1.84. The molecule has 0 amide bonds. The molecular weight excluding hydrogens is 236 g/mol. The van der Waals surface area contributed by atoms with Gasteiger partial charge >= 0.3 is 0 Å². The first-order valence-corrected chi connectivity index (χ1v) is 7.18. The van der Waals surface area contributed by atoms with Gasteiger partial charge in [-0.25, -0.2) is 0 Å². The maximum Gasteiger partial charge on any atom is 0.140 e. The van der Waals surface area contributed by atoms with Crippen LogP contribution < -0.4 is 10.1 Å². The Hall–Kier alpha value is -1.35. The molecule has 2 atom stereocenters. The van der Waals surface area contributed by atoms with Crippen LogP contribution in [0.1, 0.15) is 30.5 Å². The number of hydrogen-bond acceptors (Lipinski definition) is 3. The zero-order valence-corrected chi connectivity index (χ0v) is 11.8. The van der Waals surface area contributed by atoms with Gasteiger partial charge in [-0.1, -0.05) is 6.08 Å². The zero-order chi connectivity index (χ0) is 13.2. The zero-order valence-electron chi connectivity index (χ0n) is 11.8. The summed E-state index contributed by atoms with van der Waals surface area (Å²) in [5.41, 5.74) is 3.63. The van der Waals surface area contributed by atoms with Gasteiger partial charge in [-0.2, -0.15) is 0 Å². The first kappa shape index (κ1) is 12.7. The number of ether oxygens (including phenoxy) is 1. The van der Waals surface area contributed by atoms with Crippen molar-refractivity contribution in [3.63, 3.8) is 0 Å². The van der Waals surface area contributed by atoms with Gasteiger partial charge in [0.05, 0.1) is 12.8 Å².